The summed E-state index contributed by atoms with van der Waals surface area (Å²) in [7, 11) is 0. The molecule has 1 saturated heterocycles. The Balaban J connectivity index is 1.99. The predicted octanol–water partition coefficient (Wildman–Crippen LogP) is 2.46. The van der Waals surface area contributed by atoms with Crippen LogP contribution in [0.4, 0.5) is 13.2 Å². The summed E-state index contributed by atoms with van der Waals surface area (Å²) in [6, 6.07) is 1.73. The molecule has 0 aromatic heterocycles. The third kappa shape index (κ3) is 3.09. The molecular weight excluding hydrogens is 289 g/mol. The Bertz CT molecular complexity index is 513. The smallest absolute Gasteiger partial charge is 0.238 e. The maximum atomic E-state index is 13.5. The number of nitrogens with zero attached hydrogens (tertiary/aromatic N) is 1. The average molecular weight is 304 g/mol. The predicted molar refractivity (Wildman–Crippen MR) is 71.4 cm³/mol. The number of halogens is 3. The fourth-order valence-corrected chi connectivity index (χ4v) is 3.22. The second kappa shape index (κ2) is 6.49. The van der Waals surface area contributed by atoms with Crippen LogP contribution in [0.1, 0.15) is 18.9 Å². The second-order valence-electron chi connectivity index (χ2n) is 4.42. The van der Waals surface area contributed by atoms with Crippen LogP contribution in [-0.4, -0.2) is 28.6 Å². The maximum Gasteiger partial charge on any atom is 0.238 e. The number of hydrogen-bond donors (Lipinski definition) is 1. The molecule has 1 unspecified atom stereocenters. The second-order valence-corrected chi connectivity index (χ2v) is 5.56. The number of rotatable bonds is 4. The highest BCUT2D eigenvalue weighted by molar-refractivity contribution is 7.97. The van der Waals surface area contributed by atoms with Crippen molar-refractivity contribution in [3.8, 4) is 0 Å². The first-order valence-electron chi connectivity index (χ1n) is 6.34. The highest BCUT2D eigenvalue weighted by atomic mass is 32.2. The average Bonchev–Trinajstić information content (AvgIpc) is 2.92. The van der Waals surface area contributed by atoms with Gasteiger partial charge in [0.2, 0.25) is 5.91 Å². The van der Waals surface area contributed by atoms with Gasteiger partial charge in [-0.25, -0.2) is 17.5 Å². The van der Waals surface area contributed by atoms with Gasteiger partial charge in [0.15, 0.2) is 17.5 Å². The summed E-state index contributed by atoms with van der Waals surface area (Å²) in [5.41, 5.74) is -0.0639. The fourth-order valence-electron chi connectivity index (χ4n) is 2.09. The normalized spacial score (nSPS) is 19.3. The molecule has 1 aromatic carbocycles. The first-order chi connectivity index (χ1) is 9.54. The Labute approximate surface area is 119 Å². The van der Waals surface area contributed by atoms with Crippen molar-refractivity contribution in [2.75, 3.05) is 12.3 Å². The van der Waals surface area contributed by atoms with Crippen molar-refractivity contribution in [2.45, 2.75) is 25.9 Å². The van der Waals surface area contributed by atoms with Crippen LogP contribution < -0.4 is 5.32 Å². The summed E-state index contributed by atoms with van der Waals surface area (Å²) >= 11 is 1.60. The fraction of sp³-hybridized carbons (Fsp3) is 0.462. The van der Waals surface area contributed by atoms with Gasteiger partial charge in [0.05, 0.1) is 6.04 Å². The largest absolute Gasteiger partial charge is 0.351 e. The molecule has 3 nitrogen and oxygen atoms in total. The van der Waals surface area contributed by atoms with Crippen LogP contribution in [-0.2, 0) is 11.3 Å². The molecule has 1 amide bonds. The highest BCUT2D eigenvalue weighted by Crippen LogP contribution is 2.26. The summed E-state index contributed by atoms with van der Waals surface area (Å²) in [6.45, 7) is 2.54. The lowest BCUT2D eigenvalue weighted by Gasteiger charge is -2.20. The van der Waals surface area contributed by atoms with Crippen molar-refractivity contribution in [2.24, 2.45) is 0 Å². The van der Waals surface area contributed by atoms with Gasteiger partial charge in [-0.15, -0.1) is 0 Å². The van der Waals surface area contributed by atoms with Crippen LogP contribution >= 0.6 is 11.9 Å². The lowest BCUT2D eigenvalue weighted by Crippen LogP contribution is -2.40. The molecule has 1 fully saturated rings. The van der Waals surface area contributed by atoms with E-state index in [1.165, 1.54) is 0 Å². The first-order valence-corrected chi connectivity index (χ1v) is 7.28. The van der Waals surface area contributed by atoms with Gasteiger partial charge in [-0.1, -0.05) is 24.9 Å². The van der Waals surface area contributed by atoms with Crippen LogP contribution in [0.15, 0.2) is 12.1 Å². The molecule has 110 valence electrons. The lowest BCUT2D eigenvalue weighted by molar-refractivity contribution is -0.124. The number of amides is 1. The zero-order chi connectivity index (χ0) is 14.7. The van der Waals surface area contributed by atoms with E-state index in [0.717, 1.165) is 30.9 Å². The third-order valence-corrected chi connectivity index (χ3v) is 4.44. The highest BCUT2D eigenvalue weighted by Gasteiger charge is 2.30. The maximum absolute atomic E-state index is 13.5. The number of hydrogen-bond acceptors (Lipinski definition) is 3. The molecule has 0 aliphatic carbocycles. The van der Waals surface area contributed by atoms with E-state index in [1.54, 1.807) is 11.9 Å². The molecule has 1 heterocycles. The van der Waals surface area contributed by atoms with Crippen molar-refractivity contribution < 1.29 is 18.0 Å². The molecule has 1 aromatic rings. The van der Waals surface area contributed by atoms with Gasteiger partial charge in [-0.05, 0) is 12.5 Å². The van der Waals surface area contributed by atoms with Crippen LogP contribution in [0.2, 0.25) is 0 Å². The van der Waals surface area contributed by atoms with Crippen molar-refractivity contribution in [3.05, 3.63) is 35.1 Å². The summed E-state index contributed by atoms with van der Waals surface area (Å²) in [5, 5.41) is 2.57. The Kier molecular flexibility index (Phi) is 4.93. The summed E-state index contributed by atoms with van der Waals surface area (Å²) < 4.78 is 41.3. The van der Waals surface area contributed by atoms with Gasteiger partial charge in [0.1, 0.15) is 0 Å². The van der Waals surface area contributed by atoms with Crippen molar-refractivity contribution in [1.82, 2.24) is 9.62 Å². The van der Waals surface area contributed by atoms with Gasteiger partial charge in [-0.3, -0.25) is 4.79 Å². The Morgan fingerprint density at radius 2 is 2.15 bits per heavy atom. The molecule has 1 aliphatic rings. The quantitative estimate of drug-likeness (QED) is 0.685. The molecule has 1 aliphatic heterocycles. The number of benzene rings is 1. The number of nitrogens with one attached hydrogen (secondary N) is 1. The molecule has 0 bridgehead atoms. The van der Waals surface area contributed by atoms with Gasteiger partial charge >= 0.3 is 0 Å². The van der Waals surface area contributed by atoms with Gasteiger partial charge in [0, 0.05) is 24.4 Å². The molecule has 2 rings (SSSR count). The van der Waals surface area contributed by atoms with E-state index in [1.807, 2.05) is 11.2 Å². The SMILES string of the molecule is CCN1SCCC1C(=O)NCc1ccc(F)c(F)c1F. The summed E-state index contributed by atoms with van der Waals surface area (Å²) in [5.74, 6) is -3.35. The lowest BCUT2D eigenvalue weighted by atomic mass is 10.1. The van der Waals surface area contributed by atoms with Crippen LogP contribution in [0.5, 0.6) is 0 Å². The Morgan fingerprint density at radius 1 is 1.40 bits per heavy atom. The van der Waals surface area contributed by atoms with E-state index < -0.39 is 17.5 Å². The Hall–Kier alpha value is -1.21. The molecular formula is C13H15F3N2OS. The number of carbonyl (C=O) groups is 1. The van der Waals surface area contributed by atoms with Gasteiger partial charge in [0.25, 0.3) is 0 Å². The molecule has 7 heteroatoms. The van der Waals surface area contributed by atoms with E-state index in [9.17, 15) is 18.0 Å². The Morgan fingerprint density at radius 3 is 2.85 bits per heavy atom. The zero-order valence-electron chi connectivity index (χ0n) is 11.0. The first kappa shape index (κ1) is 15.2. The minimum absolute atomic E-state index is 0.0639. The molecule has 1 atom stereocenters. The summed E-state index contributed by atoms with van der Waals surface area (Å²) in [4.78, 5) is 12.0. The van der Waals surface area contributed by atoms with Crippen molar-refractivity contribution >= 4 is 17.9 Å². The monoisotopic (exact) mass is 304 g/mol. The minimum Gasteiger partial charge on any atom is -0.351 e. The number of carbonyl (C=O) groups excluding carboxylic acids is 1. The van der Waals surface area contributed by atoms with E-state index in [0.29, 0.717) is 0 Å². The third-order valence-electron chi connectivity index (χ3n) is 3.18. The molecule has 0 radical (unpaired) electrons. The van der Waals surface area contributed by atoms with Gasteiger partial charge in [-0.2, -0.15) is 0 Å². The molecule has 0 saturated carbocycles. The topological polar surface area (TPSA) is 32.3 Å². The number of likely N-dealkylation sites (N-methyl/N-ethyl adjacent to an activating group) is 1. The van der Waals surface area contributed by atoms with E-state index in [2.05, 4.69) is 5.32 Å². The summed E-state index contributed by atoms with van der Waals surface area (Å²) in [6.07, 6.45) is 0.727. The van der Waals surface area contributed by atoms with Crippen molar-refractivity contribution in [3.63, 3.8) is 0 Å². The van der Waals surface area contributed by atoms with E-state index in [4.69, 9.17) is 0 Å². The van der Waals surface area contributed by atoms with E-state index >= 15 is 0 Å². The zero-order valence-corrected chi connectivity index (χ0v) is 11.8. The molecule has 0 spiro atoms. The van der Waals surface area contributed by atoms with Crippen LogP contribution in [0.3, 0.4) is 0 Å². The molecule has 20 heavy (non-hydrogen) atoms. The standard InChI is InChI=1S/C13H15F3N2OS/c1-2-18-10(5-6-20-18)13(19)17-7-8-3-4-9(14)12(16)11(8)15/h3-4,10H,2,5-7H2,1H3,(H,17,19). The van der Waals surface area contributed by atoms with Crippen molar-refractivity contribution in [1.29, 1.82) is 0 Å². The molecule has 1 N–H and O–H groups in total. The van der Waals surface area contributed by atoms with E-state index in [-0.39, 0.29) is 24.1 Å². The van der Waals surface area contributed by atoms with Gasteiger partial charge < -0.3 is 5.32 Å². The minimum atomic E-state index is -1.51. The van der Waals surface area contributed by atoms with Crippen LogP contribution in [0, 0.1) is 17.5 Å². The van der Waals surface area contributed by atoms with Crippen LogP contribution in [0.25, 0.3) is 0 Å².